The van der Waals surface area contributed by atoms with E-state index in [1.54, 1.807) is 51.3 Å². The zero-order valence-electron chi connectivity index (χ0n) is 37.0. The maximum absolute atomic E-state index is 14.6. The fourth-order valence-electron chi connectivity index (χ4n) is 8.92. The normalized spacial score (nSPS) is 19.4. The lowest BCUT2D eigenvalue weighted by molar-refractivity contribution is -0.155. The number of pyridine rings is 1. The van der Waals surface area contributed by atoms with Crippen LogP contribution in [0.2, 0.25) is 0 Å². The van der Waals surface area contributed by atoms with Crippen LogP contribution in [0.5, 0.6) is 5.75 Å². The minimum atomic E-state index is -1.16. The van der Waals surface area contributed by atoms with Gasteiger partial charge in [0.25, 0.3) is 11.8 Å². The Kier molecular flexibility index (Phi) is 13.1. The number of hydrazine groups is 1. The standard InChI is InChI=1S/C47H59N7O8/c1-9-53-40-13-12-30-21-35(40)36(42(53)37-23-48-15-14-31(37)26-60-7)22-47(4,5)27-62-45(58)38-11-10-16-54(50-38)44(57)39(19-29-17-32(30)20-33(55)18-29)49-43(56)41(28(2)3)51(6)46(59)52-24-34(25-52)61-8/h12-15,17-18,20-21,23,34,38-39,50,55H,9-11,16,19,22,24-27H2,1-8H3,(H,49,56)/t38-,39-/m0/s1. The fraction of sp³-hybridized carbons (Fsp3) is 0.468. The van der Waals surface area contributed by atoms with Gasteiger partial charge in [-0.2, -0.15) is 0 Å². The van der Waals surface area contributed by atoms with Crippen molar-refractivity contribution in [1.82, 2.24) is 35.1 Å². The number of urea groups is 1. The lowest BCUT2D eigenvalue weighted by Crippen LogP contribution is -2.61. The van der Waals surface area contributed by atoms with Crippen molar-refractivity contribution < 1.29 is 38.5 Å². The first kappa shape index (κ1) is 44.3. The second-order valence-corrected chi connectivity index (χ2v) is 17.6. The van der Waals surface area contributed by atoms with E-state index in [-0.39, 0.29) is 43.2 Å². The molecule has 2 saturated heterocycles. The van der Waals surface area contributed by atoms with E-state index < -0.39 is 35.3 Å². The molecule has 15 heteroatoms. The number of benzene rings is 2. The summed E-state index contributed by atoms with van der Waals surface area (Å²) < 4.78 is 19.3. The van der Waals surface area contributed by atoms with Crippen LogP contribution in [0.15, 0.2) is 66.1 Å². The maximum atomic E-state index is 14.6. The van der Waals surface area contributed by atoms with E-state index in [0.717, 1.165) is 44.4 Å². The van der Waals surface area contributed by atoms with Crippen LogP contribution in [-0.2, 0) is 54.6 Å². The molecule has 0 aliphatic carbocycles. The molecule has 2 aromatic carbocycles. The number of hydrogen-bond donors (Lipinski definition) is 3. The second kappa shape index (κ2) is 18.3. The van der Waals surface area contributed by atoms with Crippen molar-refractivity contribution in [1.29, 1.82) is 0 Å². The lowest BCUT2D eigenvalue weighted by atomic mass is 9.84. The molecular weight excluding hydrogens is 791 g/mol. The smallest absolute Gasteiger partial charge is 0.324 e. The third kappa shape index (κ3) is 9.06. The van der Waals surface area contributed by atoms with E-state index in [1.165, 1.54) is 17.0 Å². The van der Waals surface area contributed by atoms with E-state index >= 15 is 0 Å². The average molecular weight is 850 g/mol. The van der Waals surface area contributed by atoms with Gasteiger partial charge in [0.2, 0.25) is 0 Å². The highest BCUT2D eigenvalue weighted by Gasteiger charge is 2.38. The molecule has 4 aromatic rings. The molecule has 0 radical (unpaired) electrons. The predicted molar refractivity (Wildman–Crippen MR) is 235 cm³/mol. The number of aromatic hydroxyl groups is 1. The Hall–Kier alpha value is -5.77. The van der Waals surface area contributed by atoms with E-state index in [4.69, 9.17) is 14.2 Å². The summed E-state index contributed by atoms with van der Waals surface area (Å²) in [6.07, 6.45) is 5.09. The summed E-state index contributed by atoms with van der Waals surface area (Å²) in [4.78, 5) is 63.6. The lowest BCUT2D eigenvalue weighted by Gasteiger charge is -2.40. The number of cyclic esters (lactones) is 1. The van der Waals surface area contributed by atoms with Gasteiger partial charge in [-0.25, -0.2) is 10.2 Å². The number of methoxy groups -OCH3 is 2. The Morgan fingerprint density at radius 3 is 2.56 bits per heavy atom. The number of fused-ring (bicyclic) bond motifs is 6. The average Bonchev–Trinajstić information content (AvgIpc) is 3.52. The molecule has 4 amide bonds. The van der Waals surface area contributed by atoms with E-state index in [2.05, 4.69) is 53.2 Å². The molecule has 7 rings (SSSR count). The van der Waals surface area contributed by atoms with Crippen LogP contribution >= 0.6 is 0 Å². The van der Waals surface area contributed by atoms with Crippen LogP contribution in [-0.4, -0.2) is 119 Å². The van der Waals surface area contributed by atoms with Crippen molar-refractivity contribution in [2.24, 2.45) is 5.41 Å². The molecule has 0 saturated carbocycles. The van der Waals surface area contributed by atoms with Gasteiger partial charge in [-0.15, -0.1) is 0 Å². The van der Waals surface area contributed by atoms with Crippen molar-refractivity contribution in [3.8, 4) is 28.1 Å². The monoisotopic (exact) mass is 849 g/mol. The Balaban J connectivity index is 1.33. The van der Waals surface area contributed by atoms with Gasteiger partial charge < -0.3 is 34.1 Å². The van der Waals surface area contributed by atoms with Gasteiger partial charge in [-0.3, -0.25) is 29.3 Å². The molecule has 2 aromatic heterocycles. The molecule has 0 spiro atoms. The van der Waals surface area contributed by atoms with Gasteiger partial charge in [-0.05, 0) is 104 Å². The van der Waals surface area contributed by atoms with Crippen LogP contribution in [0, 0.1) is 5.41 Å². The molecular formula is C47H59N7O8. The number of nitrogens with one attached hydrogen (secondary N) is 2. The van der Waals surface area contributed by atoms with Crippen molar-refractivity contribution in [3.05, 3.63) is 82.8 Å². The number of nitrogens with zero attached hydrogens (tertiary/aromatic N) is 5. The Bertz CT molecular complexity index is 2400. The van der Waals surface area contributed by atoms with Gasteiger partial charge >= 0.3 is 12.0 Å². The number of aromatic nitrogens is 2. The molecule has 62 heavy (non-hydrogen) atoms. The molecule has 2 atom stereocenters. The van der Waals surface area contributed by atoms with E-state index in [9.17, 15) is 24.3 Å². The molecule has 3 aliphatic heterocycles. The summed E-state index contributed by atoms with van der Waals surface area (Å²) in [7, 11) is 4.81. The number of phenolic OH excluding ortho intramolecular Hbond substituents is 1. The van der Waals surface area contributed by atoms with Crippen LogP contribution in [0.3, 0.4) is 0 Å². The number of esters is 1. The molecule has 0 unspecified atom stereocenters. The largest absolute Gasteiger partial charge is 0.508 e. The minimum absolute atomic E-state index is 0.00403. The Morgan fingerprint density at radius 1 is 1.08 bits per heavy atom. The Labute approximate surface area is 363 Å². The van der Waals surface area contributed by atoms with E-state index in [0.29, 0.717) is 56.6 Å². The highest BCUT2D eigenvalue weighted by atomic mass is 16.5. The molecule has 2 fully saturated rings. The number of rotatable bonds is 8. The number of carbonyl (C=O) groups excluding carboxylic acids is 4. The zero-order valence-corrected chi connectivity index (χ0v) is 37.0. The number of likely N-dealkylation sites (N-methyl/N-ethyl adjacent to an activating group) is 1. The SMILES string of the molecule is CCn1c(-c2cnccc2COC)c2c3cc(ccc31)-c1cc(O)cc(c1)C[C@H](NC(=O)C(=C(C)C)N(C)C(=O)N1CC(OC)C1)C(=O)N1CCC[C@H](N1)C(=O)OCC(C)(C)C2. The predicted octanol–water partition coefficient (Wildman–Crippen LogP) is 5.57. The summed E-state index contributed by atoms with van der Waals surface area (Å²) in [5, 5.41) is 16.6. The van der Waals surface area contributed by atoms with Gasteiger partial charge in [-0.1, -0.05) is 26.0 Å². The molecule has 5 heterocycles. The number of allylic oxidation sites excluding steroid dienone is 1. The van der Waals surface area contributed by atoms with Gasteiger partial charge in [0.1, 0.15) is 23.5 Å². The third-order valence-corrected chi connectivity index (χ3v) is 12.1. The quantitative estimate of drug-likeness (QED) is 0.151. The summed E-state index contributed by atoms with van der Waals surface area (Å²) in [6.45, 7) is 12.0. The van der Waals surface area contributed by atoms with Gasteiger partial charge in [0, 0.05) is 75.1 Å². The van der Waals surface area contributed by atoms with Crippen molar-refractivity contribution >= 4 is 34.7 Å². The van der Waals surface area contributed by atoms with Crippen LogP contribution in [0.1, 0.15) is 64.2 Å². The molecule has 3 aliphatic rings. The first-order chi connectivity index (χ1) is 29.6. The number of aryl methyl sites for hydroxylation is 1. The summed E-state index contributed by atoms with van der Waals surface area (Å²) in [5.41, 5.74) is 10.5. The highest BCUT2D eigenvalue weighted by molar-refractivity contribution is 6.00. The number of likely N-dealkylation sites (tertiary alicyclic amines) is 1. The maximum Gasteiger partial charge on any atom is 0.324 e. The zero-order chi connectivity index (χ0) is 44.5. The number of amides is 4. The first-order valence-electron chi connectivity index (χ1n) is 21.3. The van der Waals surface area contributed by atoms with Gasteiger partial charge in [0.15, 0.2) is 0 Å². The van der Waals surface area contributed by atoms with Crippen LogP contribution in [0.25, 0.3) is 33.3 Å². The Morgan fingerprint density at radius 2 is 1.85 bits per heavy atom. The number of hydrogen-bond acceptors (Lipinski definition) is 10. The first-order valence-corrected chi connectivity index (χ1v) is 21.3. The highest BCUT2D eigenvalue weighted by Crippen LogP contribution is 2.41. The molecule has 330 valence electrons. The van der Waals surface area contributed by atoms with Crippen LogP contribution < -0.4 is 10.7 Å². The topological polar surface area (TPSA) is 168 Å². The third-order valence-electron chi connectivity index (χ3n) is 12.1. The number of carbonyl (C=O) groups is 4. The molecule has 15 nitrogen and oxygen atoms in total. The van der Waals surface area contributed by atoms with Crippen LogP contribution in [0.4, 0.5) is 4.79 Å². The summed E-state index contributed by atoms with van der Waals surface area (Å²) in [6, 6.07) is 11.1. The van der Waals surface area contributed by atoms with E-state index in [1.807, 2.05) is 24.4 Å². The van der Waals surface area contributed by atoms with Crippen molar-refractivity contribution in [2.45, 2.75) is 91.6 Å². The molecule has 3 N–H and O–H groups in total. The van der Waals surface area contributed by atoms with Gasteiger partial charge in [0.05, 0.1) is 38.1 Å². The summed E-state index contributed by atoms with van der Waals surface area (Å²) >= 11 is 0. The number of ether oxygens (including phenoxy) is 3. The summed E-state index contributed by atoms with van der Waals surface area (Å²) in [5.74, 6) is -1.57. The van der Waals surface area contributed by atoms with Crippen molar-refractivity contribution in [3.63, 3.8) is 0 Å². The molecule has 6 bridgehead atoms. The second-order valence-electron chi connectivity index (χ2n) is 17.6. The minimum Gasteiger partial charge on any atom is -0.508 e. The fourth-order valence-corrected chi connectivity index (χ4v) is 8.92. The van der Waals surface area contributed by atoms with Crippen molar-refractivity contribution in [2.75, 3.05) is 47.5 Å². The number of phenols is 1.